The molecule has 2 aromatic carbocycles. The molecule has 0 radical (unpaired) electrons. The summed E-state index contributed by atoms with van der Waals surface area (Å²) in [4.78, 5) is 30.7. The lowest BCUT2D eigenvalue weighted by Gasteiger charge is -2.29. The predicted molar refractivity (Wildman–Crippen MR) is 135 cm³/mol. The van der Waals surface area contributed by atoms with Crippen molar-refractivity contribution >= 4 is 40.8 Å². The molecule has 3 aromatic rings. The number of hydrogen-bond donors (Lipinski definition) is 0. The maximum atomic E-state index is 13.5. The lowest BCUT2D eigenvalue weighted by atomic mass is 10.0. The summed E-state index contributed by atoms with van der Waals surface area (Å²) in [6, 6.07) is 14.4. The number of methoxy groups -OCH3 is 1. The van der Waals surface area contributed by atoms with Crippen molar-refractivity contribution < 1.29 is 19.1 Å². The second-order valence-electron chi connectivity index (χ2n) is 7.79. The lowest BCUT2D eigenvalue weighted by molar-refractivity contribution is -0.140. The Morgan fingerprint density at radius 1 is 1.11 bits per heavy atom. The molecule has 0 saturated heterocycles. The molecular formula is C27H22Cl2N2O4. The van der Waals surface area contributed by atoms with Gasteiger partial charge in [0.1, 0.15) is 11.3 Å². The van der Waals surface area contributed by atoms with Crippen molar-refractivity contribution in [3.8, 4) is 23.5 Å². The van der Waals surface area contributed by atoms with Crippen molar-refractivity contribution in [2.45, 2.75) is 25.7 Å². The van der Waals surface area contributed by atoms with Crippen molar-refractivity contribution in [3.05, 3.63) is 81.5 Å². The Bertz CT molecular complexity index is 1330. The van der Waals surface area contributed by atoms with Gasteiger partial charge < -0.3 is 14.4 Å². The Hall–Kier alpha value is -3.53. The van der Waals surface area contributed by atoms with Crippen LogP contribution in [0.1, 0.15) is 40.7 Å². The lowest BCUT2D eigenvalue weighted by Crippen LogP contribution is -2.35. The van der Waals surface area contributed by atoms with Gasteiger partial charge in [-0.3, -0.25) is 9.59 Å². The number of carbonyl (C=O) groups is 2. The summed E-state index contributed by atoms with van der Waals surface area (Å²) < 4.78 is 10.6. The normalized spacial score (nSPS) is 12.3. The van der Waals surface area contributed by atoms with Crippen molar-refractivity contribution in [1.82, 2.24) is 4.98 Å². The fourth-order valence-electron chi connectivity index (χ4n) is 3.76. The molecule has 0 aliphatic carbocycles. The van der Waals surface area contributed by atoms with Gasteiger partial charge in [0.05, 0.1) is 23.6 Å². The monoisotopic (exact) mass is 508 g/mol. The van der Waals surface area contributed by atoms with E-state index in [-0.39, 0.29) is 34.9 Å². The third-order valence-electron chi connectivity index (χ3n) is 5.49. The van der Waals surface area contributed by atoms with E-state index in [0.29, 0.717) is 29.1 Å². The predicted octanol–water partition coefficient (Wildman–Crippen LogP) is 6.08. The highest BCUT2D eigenvalue weighted by molar-refractivity contribution is 6.35. The molecule has 0 unspecified atom stereocenters. The van der Waals surface area contributed by atoms with Gasteiger partial charge in [-0.05, 0) is 42.7 Å². The average Bonchev–Trinajstić information content (AvgIpc) is 2.88. The third-order valence-corrected chi connectivity index (χ3v) is 6.10. The van der Waals surface area contributed by atoms with Crippen molar-refractivity contribution in [2.24, 2.45) is 0 Å². The van der Waals surface area contributed by atoms with Crippen LogP contribution in [0.15, 0.2) is 54.7 Å². The topological polar surface area (TPSA) is 68.7 Å². The average molecular weight is 509 g/mol. The van der Waals surface area contributed by atoms with Gasteiger partial charge in [0.15, 0.2) is 0 Å². The Kier molecular flexibility index (Phi) is 7.91. The van der Waals surface area contributed by atoms with Gasteiger partial charge >= 0.3 is 5.97 Å². The van der Waals surface area contributed by atoms with Gasteiger partial charge in [0, 0.05) is 36.5 Å². The van der Waals surface area contributed by atoms with Crippen LogP contribution in [0.5, 0.6) is 11.6 Å². The maximum Gasteiger partial charge on any atom is 0.306 e. The molecule has 2 heterocycles. The van der Waals surface area contributed by atoms with E-state index >= 15 is 0 Å². The Balaban J connectivity index is 1.57. The number of benzene rings is 2. The summed E-state index contributed by atoms with van der Waals surface area (Å²) in [5.41, 5.74) is 2.85. The smallest absolute Gasteiger partial charge is 0.306 e. The molecule has 0 atom stereocenters. The van der Waals surface area contributed by atoms with Crippen molar-refractivity contribution in [1.29, 1.82) is 0 Å². The molecule has 178 valence electrons. The summed E-state index contributed by atoms with van der Waals surface area (Å²) >= 11 is 12.8. The summed E-state index contributed by atoms with van der Waals surface area (Å²) in [7, 11) is 1.33. The van der Waals surface area contributed by atoms with E-state index in [9.17, 15) is 9.59 Å². The van der Waals surface area contributed by atoms with Crippen LogP contribution in [0.4, 0.5) is 5.69 Å². The van der Waals surface area contributed by atoms with Crippen molar-refractivity contribution in [2.75, 3.05) is 18.6 Å². The van der Waals surface area contributed by atoms with E-state index in [1.165, 1.54) is 13.2 Å². The number of pyridine rings is 1. The van der Waals surface area contributed by atoms with E-state index in [1.807, 2.05) is 24.3 Å². The minimum atomic E-state index is -0.332. The van der Waals surface area contributed by atoms with Crippen LogP contribution < -0.4 is 9.64 Å². The van der Waals surface area contributed by atoms with E-state index in [1.54, 1.807) is 29.3 Å². The zero-order valence-corrected chi connectivity index (χ0v) is 20.5. The van der Waals surface area contributed by atoms with Crippen LogP contribution in [-0.2, 0) is 16.0 Å². The number of aryl methyl sites for hydroxylation is 1. The molecule has 6 nitrogen and oxygen atoms in total. The number of fused-ring (bicyclic) bond motifs is 1. The van der Waals surface area contributed by atoms with Crippen LogP contribution in [0, 0.1) is 11.8 Å². The number of ether oxygens (including phenoxy) is 2. The number of hydrogen-bond acceptors (Lipinski definition) is 5. The second-order valence-corrected chi connectivity index (χ2v) is 8.60. The molecule has 0 N–H and O–H groups in total. The van der Waals surface area contributed by atoms with Gasteiger partial charge in [-0.25, -0.2) is 4.98 Å². The molecule has 35 heavy (non-hydrogen) atoms. The molecule has 1 aliphatic heterocycles. The fraction of sp³-hybridized carbons (Fsp3) is 0.222. The van der Waals surface area contributed by atoms with E-state index in [0.717, 1.165) is 24.1 Å². The van der Waals surface area contributed by atoms with E-state index in [2.05, 4.69) is 21.6 Å². The first-order chi connectivity index (χ1) is 17.0. The van der Waals surface area contributed by atoms with Crippen LogP contribution in [0.2, 0.25) is 10.0 Å². The number of amides is 1. The van der Waals surface area contributed by atoms with Crippen LogP contribution in [0.3, 0.4) is 0 Å². The van der Waals surface area contributed by atoms with Gasteiger partial charge in [-0.15, -0.1) is 0 Å². The Morgan fingerprint density at radius 2 is 1.94 bits per heavy atom. The first kappa shape index (κ1) is 24.6. The van der Waals surface area contributed by atoms with Gasteiger partial charge in [-0.2, -0.15) is 0 Å². The number of aromatic nitrogens is 1. The number of anilines is 1. The number of halogens is 2. The molecule has 1 aliphatic rings. The summed E-state index contributed by atoms with van der Waals surface area (Å²) in [6.07, 6.45) is 3.88. The second kappa shape index (κ2) is 11.3. The minimum Gasteiger partial charge on any atom is -0.469 e. The molecule has 0 saturated carbocycles. The fourth-order valence-corrected chi connectivity index (χ4v) is 4.16. The van der Waals surface area contributed by atoms with Gasteiger partial charge in [-0.1, -0.05) is 53.2 Å². The highest BCUT2D eigenvalue weighted by Gasteiger charge is 2.26. The van der Waals surface area contributed by atoms with Crippen molar-refractivity contribution in [3.63, 3.8) is 0 Å². The highest BCUT2D eigenvalue weighted by Crippen LogP contribution is 2.36. The maximum absolute atomic E-state index is 13.5. The van der Waals surface area contributed by atoms with E-state index in [4.69, 9.17) is 27.9 Å². The van der Waals surface area contributed by atoms with Gasteiger partial charge in [0.25, 0.3) is 5.91 Å². The summed E-state index contributed by atoms with van der Waals surface area (Å²) in [5.74, 6) is 5.63. The number of nitrogens with zero attached hydrogens (tertiary/aromatic N) is 2. The minimum absolute atomic E-state index is 0.135. The highest BCUT2D eigenvalue weighted by atomic mass is 35.5. The standard InChI is InChI=1S/C27H22Cl2N2O4/c1-34-25(32)13-5-3-9-19-16-22(29)24(17-21(19)28)35-26-20(11-6-14-30-26)27(33)31-15-7-10-18-8-2-4-12-23(18)31/h2,4,6,8,11-12,14,16-17H,5,7,10,13,15H2,1H3. The first-order valence-corrected chi connectivity index (χ1v) is 11.8. The van der Waals surface area contributed by atoms with Crippen LogP contribution in [0.25, 0.3) is 0 Å². The number of rotatable bonds is 5. The zero-order valence-electron chi connectivity index (χ0n) is 19.0. The number of para-hydroxylation sites is 1. The van der Waals surface area contributed by atoms with Crippen LogP contribution >= 0.6 is 23.2 Å². The van der Waals surface area contributed by atoms with Gasteiger partial charge in [0.2, 0.25) is 5.88 Å². The molecule has 1 aromatic heterocycles. The molecular weight excluding hydrogens is 487 g/mol. The first-order valence-electron chi connectivity index (χ1n) is 11.1. The summed E-state index contributed by atoms with van der Waals surface area (Å²) in [5, 5.41) is 0.586. The third kappa shape index (κ3) is 5.76. The summed E-state index contributed by atoms with van der Waals surface area (Å²) in [6.45, 7) is 0.611. The van der Waals surface area contributed by atoms with E-state index < -0.39 is 0 Å². The Morgan fingerprint density at radius 3 is 2.77 bits per heavy atom. The molecule has 0 bridgehead atoms. The zero-order chi connectivity index (χ0) is 24.8. The molecule has 1 amide bonds. The molecule has 8 heteroatoms. The SMILES string of the molecule is COC(=O)CCC#Cc1cc(Cl)c(Oc2ncccc2C(=O)N2CCCc3ccccc32)cc1Cl. The molecule has 0 fully saturated rings. The molecule has 4 rings (SSSR count). The largest absolute Gasteiger partial charge is 0.469 e. The van der Waals surface area contributed by atoms with Crippen LogP contribution in [-0.4, -0.2) is 30.5 Å². The molecule has 0 spiro atoms. The number of carbonyl (C=O) groups excluding carboxylic acids is 2. The Labute approximate surface area is 213 Å². The number of esters is 1. The quantitative estimate of drug-likeness (QED) is 0.308.